The number of anilines is 1. The number of carbonyl (C=O) groups excluding carboxylic acids is 2. The predicted octanol–water partition coefficient (Wildman–Crippen LogP) is 4.73. The van der Waals surface area contributed by atoms with Crippen molar-refractivity contribution in [1.29, 1.82) is 0 Å². The molecule has 1 saturated carbocycles. The molecule has 1 aliphatic carbocycles. The maximum absolute atomic E-state index is 12.5. The van der Waals surface area contributed by atoms with Gasteiger partial charge in [-0.15, -0.1) is 0 Å². The molecule has 22 heavy (non-hydrogen) atoms. The Morgan fingerprint density at radius 1 is 0.864 bits per heavy atom. The molecule has 2 rings (SSSR count). The summed E-state index contributed by atoms with van der Waals surface area (Å²) in [7, 11) is 0. The maximum Gasteiger partial charge on any atom is 0.234 e. The van der Waals surface area contributed by atoms with Crippen molar-refractivity contribution in [2.75, 3.05) is 5.32 Å². The van der Waals surface area contributed by atoms with Crippen LogP contribution in [0.5, 0.6) is 0 Å². The molecule has 1 atom stereocenters. The summed E-state index contributed by atoms with van der Waals surface area (Å²) in [6.45, 7) is 0. The van der Waals surface area contributed by atoms with E-state index in [1.165, 1.54) is 25.7 Å². The molecule has 1 aromatic carbocycles. The number of Topliss-reactive ketones (excluding diaryl/α,β-unsaturated/α-hetero) is 1. The number of carbonyl (C=O) groups is 2. The van der Waals surface area contributed by atoms with Gasteiger partial charge in [-0.2, -0.15) is 0 Å². The molecule has 1 amide bonds. The first-order chi connectivity index (χ1) is 10.8. The van der Waals surface area contributed by atoms with Crippen LogP contribution in [-0.4, -0.2) is 11.7 Å². The maximum atomic E-state index is 12.5. The molecule has 1 N–H and O–H groups in total. The molecule has 120 valence electrons. The summed E-state index contributed by atoms with van der Waals surface area (Å²) < 4.78 is 0. The summed E-state index contributed by atoms with van der Waals surface area (Å²) in [6.07, 6.45) is 10.4. The molecule has 0 heterocycles. The molecule has 0 radical (unpaired) electrons. The zero-order chi connectivity index (χ0) is 15.6. The highest BCUT2D eigenvalue weighted by Gasteiger charge is 2.25. The van der Waals surface area contributed by atoms with E-state index in [4.69, 9.17) is 0 Å². The fourth-order valence-corrected chi connectivity index (χ4v) is 3.07. The lowest BCUT2D eigenvalue weighted by Gasteiger charge is -2.16. The third-order valence-electron chi connectivity index (χ3n) is 4.41. The predicted molar refractivity (Wildman–Crippen MR) is 89.7 cm³/mol. The highest BCUT2D eigenvalue weighted by Crippen LogP contribution is 2.20. The molecule has 3 nitrogen and oxygen atoms in total. The van der Waals surface area contributed by atoms with Gasteiger partial charge in [0.25, 0.3) is 0 Å². The Balaban J connectivity index is 1.96. The third kappa shape index (κ3) is 5.63. The number of hydrogen-bond donors (Lipinski definition) is 1. The van der Waals surface area contributed by atoms with E-state index < -0.39 is 5.92 Å². The van der Waals surface area contributed by atoms with Gasteiger partial charge in [0.2, 0.25) is 5.91 Å². The van der Waals surface area contributed by atoms with Gasteiger partial charge < -0.3 is 5.32 Å². The van der Waals surface area contributed by atoms with Crippen LogP contribution in [0.4, 0.5) is 5.69 Å². The Hall–Kier alpha value is -1.64. The zero-order valence-electron chi connectivity index (χ0n) is 13.4. The van der Waals surface area contributed by atoms with Gasteiger partial charge in [0, 0.05) is 12.1 Å². The molecule has 0 aliphatic heterocycles. The van der Waals surface area contributed by atoms with Gasteiger partial charge in [0.05, 0.1) is 5.92 Å². The van der Waals surface area contributed by atoms with E-state index in [1.807, 2.05) is 30.3 Å². The molecule has 3 heteroatoms. The van der Waals surface area contributed by atoms with Gasteiger partial charge >= 0.3 is 0 Å². The van der Waals surface area contributed by atoms with Crippen LogP contribution in [0.2, 0.25) is 0 Å². The first-order valence-electron chi connectivity index (χ1n) is 8.66. The number of rotatable bonds is 2. The minimum atomic E-state index is -0.473. The topological polar surface area (TPSA) is 46.2 Å². The largest absolute Gasteiger partial charge is 0.325 e. The van der Waals surface area contributed by atoms with Crippen LogP contribution in [0.15, 0.2) is 30.3 Å². The van der Waals surface area contributed by atoms with Crippen LogP contribution in [0.3, 0.4) is 0 Å². The van der Waals surface area contributed by atoms with Gasteiger partial charge in [-0.25, -0.2) is 0 Å². The normalized spacial score (nSPS) is 21.5. The molecule has 0 saturated heterocycles. The first kappa shape index (κ1) is 16.7. The van der Waals surface area contributed by atoms with Crippen LogP contribution >= 0.6 is 0 Å². The molecule has 1 aliphatic rings. The lowest BCUT2D eigenvalue weighted by molar-refractivity contribution is -0.131. The van der Waals surface area contributed by atoms with Crippen LogP contribution in [-0.2, 0) is 9.59 Å². The highest BCUT2D eigenvalue weighted by atomic mass is 16.2. The van der Waals surface area contributed by atoms with Gasteiger partial charge in [-0.3, -0.25) is 9.59 Å². The quantitative estimate of drug-likeness (QED) is 0.803. The minimum Gasteiger partial charge on any atom is -0.325 e. The van der Waals surface area contributed by atoms with Crippen molar-refractivity contribution in [3.8, 4) is 0 Å². The summed E-state index contributed by atoms with van der Waals surface area (Å²) in [6, 6.07) is 9.41. The standard InChI is InChI=1S/C19H27NO2/c21-18-15-11-6-4-2-1-3-5-10-14-17(18)19(22)20-16-12-8-7-9-13-16/h7-9,12-13,17H,1-6,10-11,14-15H2,(H,20,22). The summed E-state index contributed by atoms with van der Waals surface area (Å²) in [5.74, 6) is -0.484. The molecule has 1 aromatic rings. The summed E-state index contributed by atoms with van der Waals surface area (Å²) in [5.41, 5.74) is 0.770. The fourth-order valence-electron chi connectivity index (χ4n) is 3.07. The molecule has 0 spiro atoms. The van der Waals surface area contributed by atoms with Crippen LogP contribution in [0, 0.1) is 5.92 Å². The molecule has 0 bridgehead atoms. The monoisotopic (exact) mass is 301 g/mol. The second kappa shape index (κ2) is 9.39. The van der Waals surface area contributed by atoms with Crippen LogP contribution in [0.25, 0.3) is 0 Å². The van der Waals surface area contributed by atoms with E-state index in [1.54, 1.807) is 0 Å². The van der Waals surface area contributed by atoms with E-state index in [0.29, 0.717) is 12.8 Å². The zero-order valence-corrected chi connectivity index (χ0v) is 13.4. The Morgan fingerprint density at radius 2 is 1.45 bits per heavy atom. The molecular formula is C19H27NO2. The smallest absolute Gasteiger partial charge is 0.234 e. The van der Waals surface area contributed by atoms with Gasteiger partial charge in [-0.05, 0) is 25.0 Å². The van der Waals surface area contributed by atoms with E-state index in [2.05, 4.69) is 5.32 Å². The van der Waals surface area contributed by atoms with Crippen molar-refractivity contribution in [3.05, 3.63) is 30.3 Å². The first-order valence-corrected chi connectivity index (χ1v) is 8.66. The van der Waals surface area contributed by atoms with Crippen molar-refractivity contribution in [2.24, 2.45) is 5.92 Å². The van der Waals surface area contributed by atoms with Crippen LogP contribution < -0.4 is 5.32 Å². The SMILES string of the molecule is O=C1CCCCCCCCCCC1C(=O)Nc1ccccc1. The number of amides is 1. The van der Waals surface area contributed by atoms with E-state index in [0.717, 1.165) is 31.4 Å². The Morgan fingerprint density at radius 3 is 2.14 bits per heavy atom. The number of benzene rings is 1. The Bertz CT molecular complexity index is 470. The molecular weight excluding hydrogens is 274 g/mol. The van der Waals surface area contributed by atoms with E-state index in [-0.39, 0.29) is 11.7 Å². The number of hydrogen-bond acceptors (Lipinski definition) is 2. The number of ketones is 1. The highest BCUT2D eigenvalue weighted by molar-refractivity contribution is 6.07. The third-order valence-corrected chi connectivity index (χ3v) is 4.41. The lowest BCUT2D eigenvalue weighted by Crippen LogP contribution is -2.29. The summed E-state index contributed by atoms with van der Waals surface area (Å²) in [4.78, 5) is 24.9. The van der Waals surface area contributed by atoms with Crippen LogP contribution in [0.1, 0.15) is 64.2 Å². The second-order valence-corrected chi connectivity index (χ2v) is 6.24. The number of nitrogens with one attached hydrogen (secondary N) is 1. The van der Waals surface area contributed by atoms with Gasteiger partial charge in [0.15, 0.2) is 0 Å². The Kier molecular flexibility index (Phi) is 7.14. The van der Waals surface area contributed by atoms with Crippen molar-refractivity contribution < 1.29 is 9.59 Å². The van der Waals surface area contributed by atoms with Crippen molar-refractivity contribution in [1.82, 2.24) is 0 Å². The molecule has 0 aromatic heterocycles. The van der Waals surface area contributed by atoms with Crippen molar-refractivity contribution in [3.63, 3.8) is 0 Å². The Labute approximate surface area is 133 Å². The minimum absolute atomic E-state index is 0.119. The molecule has 1 fully saturated rings. The lowest BCUT2D eigenvalue weighted by atomic mass is 9.91. The second-order valence-electron chi connectivity index (χ2n) is 6.24. The van der Waals surface area contributed by atoms with E-state index >= 15 is 0 Å². The average molecular weight is 301 g/mol. The van der Waals surface area contributed by atoms with E-state index in [9.17, 15) is 9.59 Å². The van der Waals surface area contributed by atoms with Gasteiger partial charge in [-0.1, -0.05) is 63.1 Å². The van der Waals surface area contributed by atoms with Crippen molar-refractivity contribution in [2.45, 2.75) is 64.2 Å². The summed E-state index contributed by atoms with van der Waals surface area (Å²) >= 11 is 0. The van der Waals surface area contributed by atoms with Crippen molar-refractivity contribution >= 4 is 17.4 Å². The molecule has 1 unspecified atom stereocenters. The number of para-hydroxylation sites is 1. The summed E-state index contributed by atoms with van der Waals surface area (Å²) in [5, 5.41) is 2.89. The van der Waals surface area contributed by atoms with Gasteiger partial charge in [0.1, 0.15) is 5.78 Å². The fraction of sp³-hybridized carbons (Fsp3) is 0.579. The average Bonchev–Trinajstić information content (AvgIpc) is 2.51.